The van der Waals surface area contributed by atoms with Gasteiger partial charge in [0.1, 0.15) is 0 Å². The van der Waals surface area contributed by atoms with E-state index in [4.69, 9.17) is 5.84 Å². The lowest BCUT2D eigenvalue weighted by Gasteiger charge is -2.09. The minimum atomic E-state index is -0.285. The molecule has 0 spiro atoms. The second kappa shape index (κ2) is 5.24. The Morgan fingerprint density at radius 3 is 2.83 bits per heavy atom. The van der Waals surface area contributed by atoms with Gasteiger partial charge in [-0.15, -0.1) is 0 Å². The number of carbonyl (C=O) groups is 1. The van der Waals surface area contributed by atoms with Crippen LogP contribution in [0.3, 0.4) is 0 Å². The Bertz CT molecular complexity index is 556. The first-order valence-corrected chi connectivity index (χ1v) is 5.35. The molecule has 1 aromatic heterocycles. The minimum absolute atomic E-state index is 0.285. The number of aromatic nitrogens is 2. The second-order valence-corrected chi connectivity index (χ2v) is 3.74. The zero-order chi connectivity index (χ0) is 13.0. The van der Waals surface area contributed by atoms with E-state index in [1.807, 2.05) is 13.0 Å². The van der Waals surface area contributed by atoms with Crippen LogP contribution < -0.4 is 16.6 Å². The lowest BCUT2D eigenvalue weighted by molar-refractivity contribution is 0.102. The van der Waals surface area contributed by atoms with Crippen molar-refractivity contribution >= 4 is 17.4 Å². The largest absolute Gasteiger partial charge is 0.323 e. The zero-order valence-corrected chi connectivity index (χ0v) is 9.84. The van der Waals surface area contributed by atoms with Crippen molar-refractivity contribution in [2.24, 2.45) is 5.84 Å². The van der Waals surface area contributed by atoms with Crippen LogP contribution in [-0.2, 0) is 0 Å². The molecular weight excluding hydrogens is 230 g/mol. The fourth-order valence-corrected chi connectivity index (χ4v) is 1.52. The number of anilines is 2. The number of rotatable bonds is 3. The SMILES string of the molecule is Cc1ccc(NN)c(C(=O)Nc2cnccn2)c1. The normalized spacial score (nSPS) is 9.89. The van der Waals surface area contributed by atoms with Crippen LogP contribution in [0.5, 0.6) is 0 Å². The van der Waals surface area contributed by atoms with E-state index in [2.05, 4.69) is 20.7 Å². The van der Waals surface area contributed by atoms with E-state index < -0.39 is 0 Å². The number of hydrogen-bond acceptors (Lipinski definition) is 5. The number of aryl methyl sites for hydroxylation is 1. The molecule has 0 saturated heterocycles. The topological polar surface area (TPSA) is 92.9 Å². The first kappa shape index (κ1) is 12.0. The number of nitrogens with zero attached hydrogens (tertiary/aromatic N) is 2. The van der Waals surface area contributed by atoms with Crippen molar-refractivity contribution in [1.29, 1.82) is 0 Å². The van der Waals surface area contributed by atoms with Crippen molar-refractivity contribution in [3.05, 3.63) is 47.9 Å². The smallest absolute Gasteiger partial charge is 0.259 e. The summed E-state index contributed by atoms with van der Waals surface area (Å²) in [6, 6.07) is 5.37. The first-order valence-electron chi connectivity index (χ1n) is 5.35. The van der Waals surface area contributed by atoms with Crippen molar-refractivity contribution < 1.29 is 4.79 Å². The molecule has 0 radical (unpaired) electrons. The van der Waals surface area contributed by atoms with Crippen molar-refractivity contribution in [3.8, 4) is 0 Å². The molecule has 0 saturated carbocycles. The summed E-state index contributed by atoms with van der Waals surface area (Å²) in [7, 11) is 0. The van der Waals surface area contributed by atoms with Crippen molar-refractivity contribution in [3.63, 3.8) is 0 Å². The Morgan fingerprint density at radius 1 is 1.33 bits per heavy atom. The van der Waals surface area contributed by atoms with Crippen molar-refractivity contribution in [2.45, 2.75) is 6.92 Å². The lowest BCUT2D eigenvalue weighted by Crippen LogP contribution is -2.18. The third-order valence-corrected chi connectivity index (χ3v) is 2.38. The number of nitrogen functional groups attached to an aromatic ring is 1. The average molecular weight is 243 g/mol. The van der Waals surface area contributed by atoms with Crippen molar-refractivity contribution in [1.82, 2.24) is 9.97 Å². The van der Waals surface area contributed by atoms with Crippen LogP contribution >= 0.6 is 0 Å². The molecule has 0 unspecified atom stereocenters. The summed E-state index contributed by atoms with van der Waals surface area (Å²) in [5, 5.41) is 2.65. The van der Waals surface area contributed by atoms with Gasteiger partial charge < -0.3 is 10.7 Å². The number of nitrogens with two attached hydrogens (primary N) is 1. The van der Waals surface area contributed by atoms with Crippen LogP contribution in [0.4, 0.5) is 11.5 Å². The minimum Gasteiger partial charge on any atom is -0.323 e. The van der Waals surface area contributed by atoms with Gasteiger partial charge in [0, 0.05) is 12.4 Å². The fraction of sp³-hybridized carbons (Fsp3) is 0.0833. The number of hydrazine groups is 1. The van der Waals surface area contributed by atoms with E-state index in [0.29, 0.717) is 17.1 Å². The Labute approximate surface area is 104 Å². The van der Waals surface area contributed by atoms with E-state index >= 15 is 0 Å². The van der Waals surface area contributed by atoms with Crippen LogP contribution in [-0.4, -0.2) is 15.9 Å². The summed E-state index contributed by atoms with van der Waals surface area (Å²) in [6.45, 7) is 1.90. The monoisotopic (exact) mass is 243 g/mol. The Balaban J connectivity index is 2.26. The summed E-state index contributed by atoms with van der Waals surface area (Å²) in [5.41, 5.74) is 4.48. The maximum Gasteiger partial charge on any atom is 0.259 e. The Morgan fingerprint density at radius 2 is 2.17 bits per heavy atom. The van der Waals surface area contributed by atoms with E-state index in [9.17, 15) is 4.79 Å². The molecule has 0 bridgehead atoms. The van der Waals surface area contributed by atoms with E-state index in [1.165, 1.54) is 18.6 Å². The molecule has 1 amide bonds. The molecule has 1 heterocycles. The van der Waals surface area contributed by atoms with Crippen LogP contribution in [0.2, 0.25) is 0 Å². The molecule has 6 nitrogen and oxygen atoms in total. The van der Waals surface area contributed by atoms with Gasteiger partial charge >= 0.3 is 0 Å². The quantitative estimate of drug-likeness (QED) is 0.558. The number of benzene rings is 1. The third kappa shape index (κ3) is 2.61. The van der Waals surface area contributed by atoms with Gasteiger partial charge in [0.15, 0.2) is 5.82 Å². The van der Waals surface area contributed by atoms with Gasteiger partial charge in [-0.2, -0.15) is 0 Å². The van der Waals surface area contributed by atoms with Crippen LogP contribution in [0.25, 0.3) is 0 Å². The highest BCUT2D eigenvalue weighted by atomic mass is 16.1. The van der Waals surface area contributed by atoms with Crippen LogP contribution in [0.1, 0.15) is 15.9 Å². The highest BCUT2D eigenvalue weighted by Crippen LogP contribution is 2.17. The summed E-state index contributed by atoms with van der Waals surface area (Å²) < 4.78 is 0. The molecule has 4 N–H and O–H groups in total. The summed E-state index contributed by atoms with van der Waals surface area (Å²) in [5.74, 6) is 5.48. The molecule has 0 fully saturated rings. The van der Waals surface area contributed by atoms with Gasteiger partial charge in [-0.1, -0.05) is 11.6 Å². The lowest BCUT2D eigenvalue weighted by atomic mass is 10.1. The standard InChI is InChI=1S/C12H13N5O/c1-8-2-3-10(17-13)9(6-8)12(18)16-11-7-14-4-5-15-11/h2-7,17H,13H2,1H3,(H,15,16,18). The van der Waals surface area contributed by atoms with Gasteiger partial charge in [0.05, 0.1) is 17.4 Å². The highest BCUT2D eigenvalue weighted by molar-refractivity contribution is 6.07. The van der Waals surface area contributed by atoms with Gasteiger partial charge in [-0.3, -0.25) is 15.6 Å². The maximum atomic E-state index is 12.1. The molecule has 0 aliphatic carbocycles. The zero-order valence-electron chi connectivity index (χ0n) is 9.84. The molecule has 18 heavy (non-hydrogen) atoms. The maximum absolute atomic E-state index is 12.1. The highest BCUT2D eigenvalue weighted by Gasteiger charge is 2.11. The molecule has 2 rings (SSSR count). The number of hydrogen-bond donors (Lipinski definition) is 3. The molecule has 1 aromatic carbocycles. The number of carbonyl (C=O) groups excluding carboxylic acids is 1. The van der Waals surface area contributed by atoms with Crippen LogP contribution in [0.15, 0.2) is 36.8 Å². The third-order valence-electron chi connectivity index (χ3n) is 2.38. The predicted octanol–water partition coefficient (Wildman–Crippen LogP) is 1.32. The summed E-state index contributed by atoms with van der Waals surface area (Å²) in [6.07, 6.45) is 4.52. The van der Waals surface area contributed by atoms with Gasteiger partial charge in [0.25, 0.3) is 5.91 Å². The second-order valence-electron chi connectivity index (χ2n) is 3.74. The Kier molecular flexibility index (Phi) is 3.49. The molecule has 0 atom stereocenters. The van der Waals surface area contributed by atoms with Crippen molar-refractivity contribution in [2.75, 3.05) is 10.7 Å². The molecule has 2 aromatic rings. The van der Waals surface area contributed by atoms with Gasteiger partial charge in [-0.05, 0) is 19.1 Å². The van der Waals surface area contributed by atoms with Crippen LogP contribution in [0, 0.1) is 6.92 Å². The van der Waals surface area contributed by atoms with Gasteiger partial charge in [0.2, 0.25) is 0 Å². The predicted molar refractivity (Wildman–Crippen MR) is 69.0 cm³/mol. The fourth-order valence-electron chi connectivity index (χ4n) is 1.52. The average Bonchev–Trinajstić information content (AvgIpc) is 2.40. The van der Waals surface area contributed by atoms with E-state index in [-0.39, 0.29) is 5.91 Å². The number of nitrogens with one attached hydrogen (secondary N) is 2. The van der Waals surface area contributed by atoms with E-state index in [0.717, 1.165) is 5.56 Å². The summed E-state index contributed by atoms with van der Waals surface area (Å²) in [4.78, 5) is 19.9. The molecule has 6 heteroatoms. The summed E-state index contributed by atoms with van der Waals surface area (Å²) >= 11 is 0. The molecule has 0 aliphatic rings. The molecule has 92 valence electrons. The molecular formula is C12H13N5O. The van der Waals surface area contributed by atoms with E-state index in [1.54, 1.807) is 12.1 Å². The molecule has 0 aliphatic heterocycles. The Hall–Kier alpha value is -2.47. The van der Waals surface area contributed by atoms with Gasteiger partial charge in [-0.25, -0.2) is 4.98 Å². The first-order chi connectivity index (χ1) is 8.70. The number of amides is 1.